The summed E-state index contributed by atoms with van der Waals surface area (Å²) in [5, 5.41) is 5.68. The molecule has 0 spiro atoms. The van der Waals surface area contributed by atoms with Gasteiger partial charge < -0.3 is 10.6 Å². The highest BCUT2D eigenvalue weighted by Crippen LogP contribution is 2.03. The van der Waals surface area contributed by atoms with Gasteiger partial charge in [0.05, 0.1) is 0 Å². The number of amides is 2. The molecule has 0 rings (SSSR count). The van der Waals surface area contributed by atoms with Crippen LogP contribution in [0.4, 0.5) is 4.79 Å². The van der Waals surface area contributed by atoms with Crippen molar-refractivity contribution in [3.63, 3.8) is 0 Å². The monoisotopic (exact) mass is 186 g/mol. The van der Waals surface area contributed by atoms with Crippen molar-refractivity contribution in [2.45, 2.75) is 46.6 Å². The zero-order valence-corrected chi connectivity index (χ0v) is 9.18. The number of carbonyl (C=O) groups is 1. The van der Waals surface area contributed by atoms with E-state index in [4.69, 9.17) is 0 Å². The van der Waals surface area contributed by atoms with Crippen LogP contribution in [0.15, 0.2) is 0 Å². The molecule has 0 fully saturated rings. The van der Waals surface area contributed by atoms with Crippen LogP contribution in [0, 0.1) is 5.92 Å². The van der Waals surface area contributed by atoms with E-state index in [0.717, 1.165) is 19.4 Å². The average molecular weight is 186 g/mol. The molecule has 0 aliphatic carbocycles. The Labute approximate surface area is 81.3 Å². The number of hydrogen-bond acceptors (Lipinski definition) is 1. The van der Waals surface area contributed by atoms with Crippen molar-refractivity contribution in [2.75, 3.05) is 6.54 Å². The molecule has 2 N–H and O–H groups in total. The van der Waals surface area contributed by atoms with E-state index in [1.165, 1.54) is 0 Å². The molecule has 78 valence electrons. The molecule has 0 radical (unpaired) electrons. The first kappa shape index (κ1) is 12.3. The Kier molecular flexibility index (Phi) is 6.37. The Morgan fingerprint density at radius 1 is 1.31 bits per heavy atom. The van der Waals surface area contributed by atoms with E-state index in [-0.39, 0.29) is 12.1 Å². The van der Waals surface area contributed by atoms with E-state index in [1.54, 1.807) is 0 Å². The summed E-state index contributed by atoms with van der Waals surface area (Å²) in [7, 11) is 0. The van der Waals surface area contributed by atoms with Crippen molar-refractivity contribution in [3.05, 3.63) is 0 Å². The van der Waals surface area contributed by atoms with Crippen LogP contribution in [-0.4, -0.2) is 18.6 Å². The standard InChI is InChI=1S/C10H22N2O/c1-5-6-11-10(13)12-9(4)7-8(2)3/h8-9H,5-7H2,1-4H3,(H2,11,12,13). The minimum atomic E-state index is -0.0463. The molecule has 0 saturated carbocycles. The van der Waals surface area contributed by atoms with Gasteiger partial charge in [0.1, 0.15) is 0 Å². The lowest BCUT2D eigenvalue weighted by molar-refractivity contribution is 0.236. The second-order valence-electron chi connectivity index (χ2n) is 3.93. The highest BCUT2D eigenvalue weighted by Gasteiger charge is 2.07. The molecule has 2 amide bonds. The van der Waals surface area contributed by atoms with Crippen molar-refractivity contribution in [1.29, 1.82) is 0 Å². The molecular formula is C10H22N2O. The Balaban J connectivity index is 3.53. The van der Waals surface area contributed by atoms with Crippen LogP contribution in [0.1, 0.15) is 40.5 Å². The van der Waals surface area contributed by atoms with E-state index in [0.29, 0.717) is 5.92 Å². The van der Waals surface area contributed by atoms with Gasteiger partial charge in [0.2, 0.25) is 0 Å². The van der Waals surface area contributed by atoms with Gasteiger partial charge in [-0.25, -0.2) is 4.79 Å². The van der Waals surface area contributed by atoms with Gasteiger partial charge in [-0.3, -0.25) is 0 Å². The molecule has 1 atom stereocenters. The molecule has 0 heterocycles. The third-order valence-corrected chi connectivity index (χ3v) is 1.74. The number of urea groups is 1. The van der Waals surface area contributed by atoms with Crippen LogP contribution in [0.5, 0.6) is 0 Å². The quantitative estimate of drug-likeness (QED) is 0.678. The summed E-state index contributed by atoms with van der Waals surface area (Å²) in [6.45, 7) is 9.13. The molecule has 0 aliphatic heterocycles. The van der Waals surface area contributed by atoms with E-state index >= 15 is 0 Å². The van der Waals surface area contributed by atoms with Crippen LogP contribution in [0.3, 0.4) is 0 Å². The number of hydrogen-bond donors (Lipinski definition) is 2. The second-order valence-corrected chi connectivity index (χ2v) is 3.93. The van der Waals surface area contributed by atoms with Crippen LogP contribution >= 0.6 is 0 Å². The van der Waals surface area contributed by atoms with Crippen molar-refractivity contribution >= 4 is 6.03 Å². The molecule has 3 heteroatoms. The minimum Gasteiger partial charge on any atom is -0.338 e. The first-order valence-electron chi connectivity index (χ1n) is 5.10. The fraction of sp³-hybridized carbons (Fsp3) is 0.900. The maximum Gasteiger partial charge on any atom is 0.314 e. The first-order chi connectivity index (χ1) is 6.06. The summed E-state index contributed by atoms with van der Waals surface area (Å²) in [6, 6.07) is 0.215. The van der Waals surface area contributed by atoms with Gasteiger partial charge in [0.25, 0.3) is 0 Å². The van der Waals surface area contributed by atoms with Crippen LogP contribution in [-0.2, 0) is 0 Å². The van der Waals surface area contributed by atoms with Gasteiger partial charge >= 0.3 is 6.03 Å². The highest BCUT2D eigenvalue weighted by molar-refractivity contribution is 5.74. The Morgan fingerprint density at radius 2 is 1.92 bits per heavy atom. The van der Waals surface area contributed by atoms with Gasteiger partial charge in [-0.1, -0.05) is 20.8 Å². The Bertz CT molecular complexity index is 146. The minimum absolute atomic E-state index is 0.0463. The van der Waals surface area contributed by atoms with E-state index < -0.39 is 0 Å². The molecular weight excluding hydrogens is 164 g/mol. The molecule has 0 bridgehead atoms. The number of nitrogens with one attached hydrogen (secondary N) is 2. The lowest BCUT2D eigenvalue weighted by Gasteiger charge is -2.16. The predicted molar refractivity (Wildman–Crippen MR) is 55.7 cm³/mol. The molecule has 13 heavy (non-hydrogen) atoms. The van der Waals surface area contributed by atoms with Gasteiger partial charge in [0.15, 0.2) is 0 Å². The predicted octanol–water partition coefficient (Wildman–Crippen LogP) is 2.13. The summed E-state index contributed by atoms with van der Waals surface area (Å²) in [4.78, 5) is 11.2. The molecule has 3 nitrogen and oxygen atoms in total. The van der Waals surface area contributed by atoms with E-state index in [9.17, 15) is 4.79 Å². The van der Waals surface area contributed by atoms with Gasteiger partial charge in [-0.2, -0.15) is 0 Å². The first-order valence-corrected chi connectivity index (χ1v) is 5.10. The van der Waals surface area contributed by atoms with Gasteiger partial charge in [0, 0.05) is 12.6 Å². The van der Waals surface area contributed by atoms with Crippen LogP contribution in [0.25, 0.3) is 0 Å². The summed E-state index contributed by atoms with van der Waals surface area (Å²) in [6.07, 6.45) is 2.01. The summed E-state index contributed by atoms with van der Waals surface area (Å²) >= 11 is 0. The topological polar surface area (TPSA) is 41.1 Å². The van der Waals surface area contributed by atoms with Crippen LogP contribution < -0.4 is 10.6 Å². The molecule has 1 unspecified atom stereocenters. The molecule has 0 aromatic carbocycles. The molecule has 0 aromatic rings. The SMILES string of the molecule is CCCNC(=O)NC(C)CC(C)C. The lowest BCUT2D eigenvalue weighted by Crippen LogP contribution is -2.41. The fourth-order valence-corrected chi connectivity index (χ4v) is 1.28. The van der Waals surface area contributed by atoms with Crippen LogP contribution in [0.2, 0.25) is 0 Å². The second kappa shape index (κ2) is 6.75. The average Bonchev–Trinajstić information content (AvgIpc) is 1.98. The summed E-state index contributed by atoms with van der Waals surface area (Å²) in [5.74, 6) is 0.626. The number of carbonyl (C=O) groups excluding carboxylic acids is 1. The smallest absolute Gasteiger partial charge is 0.314 e. The zero-order valence-electron chi connectivity index (χ0n) is 9.18. The number of rotatable bonds is 5. The van der Waals surface area contributed by atoms with Gasteiger partial charge in [-0.15, -0.1) is 0 Å². The lowest BCUT2D eigenvalue weighted by atomic mass is 10.1. The fourth-order valence-electron chi connectivity index (χ4n) is 1.28. The third-order valence-electron chi connectivity index (χ3n) is 1.74. The van der Waals surface area contributed by atoms with E-state index in [1.807, 2.05) is 13.8 Å². The summed E-state index contributed by atoms with van der Waals surface area (Å²) < 4.78 is 0. The van der Waals surface area contributed by atoms with Gasteiger partial charge in [-0.05, 0) is 25.7 Å². The Morgan fingerprint density at radius 3 is 2.38 bits per heavy atom. The molecule has 0 saturated heterocycles. The maximum atomic E-state index is 11.2. The van der Waals surface area contributed by atoms with Crippen molar-refractivity contribution in [2.24, 2.45) is 5.92 Å². The largest absolute Gasteiger partial charge is 0.338 e. The third kappa shape index (κ3) is 7.62. The zero-order chi connectivity index (χ0) is 10.3. The van der Waals surface area contributed by atoms with E-state index in [2.05, 4.69) is 24.5 Å². The summed E-state index contributed by atoms with van der Waals surface area (Å²) in [5.41, 5.74) is 0. The normalized spacial score (nSPS) is 12.7. The maximum absolute atomic E-state index is 11.2. The van der Waals surface area contributed by atoms with Crippen molar-refractivity contribution in [1.82, 2.24) is 10.6 Å². The van der Waals surface area contributed by atoms with Crippen molar-refractivity contribution < 1.29 is 4.79 Å². The molecule has 0 aliphatic rings. The van der Waals surface area contributed by atoms with Crippen molar-refractivity contribution in [3.8, 4) is 0 Å². The molecule has 0 aromatic heterocycles. The Hall–Kier alpha value is -0.730. The highest BCUT2D eigenvalue weighted by atomic mass is 16.2.